The number of hydrogen-bond acceptors (Lipinski definition) is 4. The molecule has 3 aromatic rings. The van der Waals surface area contributed by atoms with E-state index in [2.05, 4.69) is 10.3 Å². The first-order valence-corrected chi connectivity index (χ1v) is 10.1. The number of rotatable bonds is 4. The van der Waals surface area contributed by atoms with Gasteiger partial charge in [0, 0.05) is 31.2 Å². The Labute approximate surface area is 174 Å². The number of fused-ring (bicyclic) bond motifs is 1. The second kappa shape index (κ2) is 7.98. The molecule has 9 heteroatoms. The Morgan fingerprint density at radius 3 is 2.63 bits per heavy atom. The van der Waals surface area contributed by atoms with Gasteiger partial charge < -0.3 is 9.88 Å². The fraction of sp³-hybridized carbons (Fsp3) is 0.190. The Morgan fingerprint density at radius 1 is 1.13 bits per heavy atom. The van der Waals surface area contributed by atoms with Crippen molar-refractivity contribution in [2.75, 3.05) is 5.32 Å². The minimum absolute atomic E-state index is 0.0539. The molecule has 2 heterocycles. The third-order valence-corrected chi connectivity index (χ3v) is 6.03. The van der Waals surface area contributed by atoms with Crippen LogP contribution in [0.5, 0.6) is 0 Å². The predicted octanol–water partition coefficient (Wildman–Crippen LogP) is 3.96. The second-order valence-electron chi connectivity index (χ2n) is 6.87. The van der Waals surface area contributed by atoms with E-state index >= 15 is 0 Å². The van der Waals surface area contributed by atoms with Crippen LogP contribution in [-0.4, -0.2) is 15.5 Å². The molecule has 4 rings (SSSR count). The third-order valence-electron chi connectivity index (χ3n) is 4.95. The highest BCUT2D eigenvalue weighted by Gasteiger charge is 2.33. The van der Waals surface area contributed by atoms with Crippen molar-refractivity contribution in [3.63, 3.8) is 0 Å². The maximum absolute atomic E-state index is 14.4. The molecule has 0 bridgehead atoms. The summed E-state index contributed by atoms with van der Waals surface area (Å²) >= 11 is 1.14. The molecule has 2 aromatic carbocycles. The van der Waals surface area contributed by atoms with Crippen LogP contribution in [-0.2, 0) is 17.6 Å². The average molecular weight is 431 g/mol. The molecule has 0 radical (unpaired) electrons. The van der Waals surface area contributed by atoms with Crippen LogP contribution in [0.3, 0.4) is 0 Å². The molecule has 1 amide bonds. The lowest BCUT2D eigenvalue weighted by atomic mass is 9.86. The summed E-state index contributed by atoms with van der Waals surface area (Å²) in [5, 5.41) is 2.93. The van der Waals surface area contributed by atoms with Gasteiger partial charge >= 0.3 is 0 Å². The number of nitrogens with one attached hydrogen (secondary N) is 1. The molecular formula is C21H16F3N3O2S. The van der Waals surface area contributed by atoms with Crippen molar-refractivity contribution in [1.82, 2.24) is 9.55 Å². The molecule has 1 atom stereocenters. The number of anilines is 1. The lowest BCUT2D eigenvalue weighted by molar-refractivity contribution is -0.116. The van der Waals surface area contributed by atoms with Crippen molar-refractivity contribution in [1.29, 1.82) is 0 Å². The number of amides is 1. The molecule has 0 saturated heterocycles. The van der Waals surface area contributed by atoms with Crippen molar-refractivity contribution in [3.05, 3.63) is 87.0 Å². The van der Waals surface area contributed by atoms with Gasteiger partial charge in [0.15, 0.2) is 5.16 Å². The Kier molecular flexibility index (Phi) is 5.38. The van der Waals surface area contributed by atoms with Gasteiger partial charge in [0.2, 0.25) is 5.91 Å². The standard InChI is InChI=1S/C21H16F3N3O2S/c1-27-19-18(14(9-17(28)25-19)13-7-6-12(22)8-16(13)24)20(29)26-21(27)30-10-11-4-2-3-5-15(11)23/h2-8,14H,9-10H2,1H3,(H,25,28)/t14-/m0/s1. The van der Waals surface area contributed by atoms with E-state index in [9.17, 15) is 22.8 Å². The molecule has 0 spiro atoms. The second-order valence-corrected chi connectivity index (χ2v) is 7.81. The molecule has 1 aromatic heterocycles. The summed E-state index contributed by atoms with van der Waals surface area (Å²) in [5.41, 5.74) is 0.0219. The summed E-state index contributed by atoms with van der Waals surface area (Å²) in [5.74, 6) is -2.79. The molecule has 1 aliphatic heterocycles. The molecule has 0 unspecified atom stereocenters. The first kappa shape index (κ1) is 20.2. The highest BCUT2D eigenvalue weighted by molar-refractivity contribution is 7.98. The quantitative estimate of drug-likeness (QED) is 0.502. The Hall–Kier alpha value is -3.07. The van der Waals surface area contributed by atoms with Crippen molar-refractivity contribution < 1.29 is 18.0 Å². The predicted molar refractivity (Wildman–Crippen MR) is 107 cm³/mol. The number of carbonyl (C=O) groups is 1. The number of carbonyl (C=O) groups excluding carboxylic acids is 1. The average Bonchev–Trinajstić information content (AvgIpc) is 2.70. The van der Waals surface area contributed by atoms with Crippen LogP contribution >= 0.6 is 11.8 Å². The summed E-state index contributed by atoms with van der Waals surface area (Å²) in [6.45, 7) is 0. The first-order valence-electron chi connectivity index (χ1n) is 9.07. The van der Waals surface area contributed by atoms with Crippen LogP contribution < -0.4 is 10.9 Å². The highest BCUT2D eigenvalue weighted by atomic mass is 32.2. The molecule has 30 heavy (non-hydrogen) atoms. The Morgan fingerprint density at radius 2 is 1.90 bits per heavy atom. The summed E-state index contributed by atoms with van der Waals surface area (Å²) < 4.78 is 43.1. The maximum atomic E-state index is 14.4. The zero-order chi connectivity index (χ0) is 21.4. The summed E-state index contributed by atoms with van der Waals surface area (Å²) in [7, 11) is 1.61. The normalized spacial score (nSPS) is 15.6. The van der Waals surface area contributed by atoms with Gasteiger partial charge in [-0.1, -0.05) is 36.0 Å². The number of hydrogen-bond donors (Lipinski definition) is 1. The summed E-state index contributed by atoms with van der Waals surface area (Å²) in [4.78, 5) is 29.2. The van der Waals surface area contributed by atoms with E-state index in [1.165, 1.54) is 16.7 Å². The molecule has 154 valence electrons. The lowest BCUT2D eigenvalue weighted by Gasteiger charge is -2.27. The topological polar surface area (TPSA) is 64.0 Å². The van der Waals surface area contributed by atoms with Crippen LogP contribution in [0, 0.1) is 17.5 Å². The number of aromatic nitrogens is 2. The van der Waals surface area contributed by atoms with E-state index in [4.69, 9.17) is 0 Å². The number of nitrogens with zero attached hydrogens (tertiary/aromatic N) is 2. The molecule has 0 saturated carbocycles. The summed E-state index contributed by atoms with van der Waals surface area (Å²) in [6, 6.07) is 9.31. The van der Waals surface area contributed by atoms with E-state index in [0.717, 1.165) is 23.9 Å². The van der Waals surface area contributed by atoms with E-state index in [-0.39, 0.29) is 40.1 Å². The number of thioether (sulfide) groups is 1. The zero-order valence-electron chi connectivity index (χ0n) is 15.8. The Balaban J connectivity index is 1.75. The van der Waals surface area contributed by atoms with Crippen molar-refractivity contribution in [3.8, 4) is 0 Å². The molecule has 1 N–H and O–H groups in total. The van der Waals surface area contributed by atoms with Crippen LogP contribution in [0.25, 0.3) is 0 Å². The van der Waals surface area contributed by atoms with Crippen LogP contribution in [0.2, 0.25) is 0 Å². The van der Waals surface area contributed by atoms with Crippen LogP contribution in [0.1, 0.15) is 29.0 Å². The van der Waals surface area contributed by atoms with E-state index in [1.807, 2.05) is 0 Å². The van der Waals surface area contributed by atoms with Crippen molar-refractivity contribution in [2.24, 2.45) is 7.05 Å². The molecule has 0 fully saturated rings. The number of halogens is 3. The smallest absolute Gasteiger partial charge is 0.279 e. The minimum atomic E-state index is -0.883. The monoisotopic (exact) mass is 431 g/mol. The van der Waals surface area contributed by atoms with Gasteiger partial charge in [-0.05, 0) is 23.3 Å². The first-order chi connectivity index (χ1) is 14.3. The van der Waals surface area contributed by atoms with E-state index in [1.54, 1.807) is 25.2 Å². The van der Waals surface area contributed by atoms with E-state index < -0.39 is 29.0 Å². The minimum Gasteiger partial charge on any atom is -0.312 e. The fourth-order valence-corrected chi connectivity index (χ4v) is 4.42. The molecule has 0 aliphatic carbocycles. The van der Waals surface area contributed by atoms with Gasteiger partial charge in [0.25, 0.3) is 5.56 Å². The van der Waals surface area contributed by atoms with Gasteiger partial charge in [-0.3, -0.25) is 9.59 Å². The van der Waals surface area contributed by atoms with Crippen molar-refractivity contribution >= 4 is 23.5 Å². The Bertz CT molecular complexity index is 1210. The van der Waals surface area contributed by atoms with Gasteiger partial charge in [-0.15, -0.1) is 0 Å². The van der Waals surface area contributed by atoms with Crippen LogP contribution in [0.15, 0.2) is 52.4 Å². The van der Waals surface area contributed by atoms with Crippen LogP contribution in [0.4, 0.5) is 19.0 Å². The molecule has 5 nitrogen and oxygen atoms in total. The fourth-order valence-electron chi connectivity index (χ4n) is 3.47. The largest absolute Gasteiger partial charge is 0.312 e. The molecular weight excluding hydrogens is 415 g/mol. The van der Waals surface area contributed by atoms with Gasteiger partial charge in [-0.2, -0.15) is 4.98 Å². The maximum Gasteiger partial charge on any atom is 0.279 e. The highest BCUT2D eigenvalue weighted by Crippen LogP contribution is 2.37. The third kappa shape index (κ3) is 3.72. The summed E-state index contributed by atoms with van der Waals surface area (Å²) in [6.07, 6.45) is -0.159. The van der Waals surface area contributed by atoms with Crippen molar-refractivity contribution in [2.45, 2.75) is 23.2 Å². The lowest BCUT2D eigenvalue weighted by Crippen LogP contribution is -2.33. The SMILES string of the molecule is Cn1c(SCc2ccccc2F)nc(=O)c2c1NC(=O)C[C@H]2c1ccc(F)cc1F. The number of benzene rings is 2. The van der Waals surface area contributed by atoms with Gasteiger partial charge in [0.05, 0.1) is 5.56 Å². The van der Waals surface area contributed by atoms with E-state index in [0.29, 0.717) is 5.56 Å². The van der Waals surface area contributed by atoms with Gasteiger partial charge in [0.1, 0.15) is 23.3 Å². The molecule has 1 aliphatic rings. The van der Waals surface area contributed by atoms with Gasteiger partial charge in [-0.25, -0.2) is 13.2 Å². The zero-order valence-corrected chi connectivity index (χ0v) is 16.6.